The topological polar surface area (TPSA) is 45.8 Å². The Morgan fingerprint density at radius 2 is 2.20 bits per heavy atom. The molecule has 0 atom stereocenters. The van der Waals surface area contributed by atoms with Crippen LogP contribution >= 0.6 is 11.6 Å². The van der Waals surface area contributed by atoms with Crippen molar-refractivity contribution in [1.29, 1.82) is 0 Å². The molecule has 0 saturated heterocycles. The number of hydrogen-bond donors (Lipinski definition) is 1. The van der Waals surface area contributed by atoms with Crippen molar-refractivity contribution in [2.24, 2.45) is 0 Å². The van der Waals surface area contributed by atoms with E-state index in [9.17, 15) is 4.79 Å². The predicted molar refractivity (Wildman–Crippen MR) is 60.0 cm³/mol. The van der Waals surface area contributed by atoms with E-state index in [1.807, 2.05) is 19.1 Å². The van der Waals surface area contributed by atoms with Crippen molar-refractivity contribution in [3.63, 3.8) is 0 Å². The summed E-state index contributed by atoms with van der Waals surface area (Å²) in [5.41, 5.74) is 2.13. The van der Waals surface area contributed by atoms with E-state index in [0.717, 1.165) is 11.1 Å². The number of nitrogens with zero attached hydrogens (tertiary/aromatic N) is 1. The number of halogens is 1. The lowest BCUT2D eigenvalue weighted by atomic mass is 10.1. The van der Waals surface area contributed by atoms with Crippen molar-refractivity contribution < 1.29 is 0 Å². The normalized spacial score (nSPS) is 10.3. The zero-order valence-electron chi connectivity index (χ0n) is 8.12. The highest BCUT2D eigenvalue weighted by atomic mass is 35.5. The number of nitrogens with one attached hydrogen (secondary N) is 1. The van der Waals surface area contributed by atoms with Gasteiger partial charge in [-0.25, -0.2) is 4.98 Å². The quantitative estimate of drug-likeness (QED) is 0.802. The molecular weight excluding hydrogens is 212 g/mol. The van der Waals surface area contributed by atoms with Gasteiger partial charge < -0.3 is 4.98 Å². The number of aryl methyl sites for hydroxylation is 1. The smallest absolute Gasteiger partial charge is 0.258 e. The van der Waals surface area contributed by atoms with E-state index in [4.69, 9.17) is 11.6 Å². The van der Waals surface area contributed by atoms with Crippen LogP contribution in [0.15, 0.2) is 35.5 Å². The first-order chi connectivity index (χ1) is 7.18. The number of aromatic nitrogens is 2. The van der Waals surface area contributed by atoms with Crippen LogP contribution in [0.1, 0.15) is 5.56 Å². The third-order valence-electron chi connectivity index (χ3n) is 2.20. The van der Waals surface area contributed by atoms with Gasteiger partial charge in [-0.3, -0.25) is 4.79 Å². The van der Waals surface area contributed by atoms with Gasteiger partial charge in [-0.05, 0) is 24.1 Å². The highest BCUT2D eigenvalue weighted by Gasteiger charge is 2.04. The van der Waals surface area contributed by atoms with E-state index in [-0.39, 0.29) is 5.56 Å². The van der Waals surface area contributed by atoms with Crippen LogP contribution in [0, 0.1) is 6.92 Å². The van der Waals surface area contributed by atoms with Gasteiger partial charge in [0, 0.05) is 11.2 Å². The summed E-state index contributed by atoms with van der Waals surface area (Å²) >= 11 is 5.98. The molecule has 0 aliphatic carbocycles. The van der Waals surface area contributed by atoms with Crippen LogP contribution in [0.4, 0.5) is 0 Å². The summed E-state index contributed by atoms with van der Waals surface area (Å²) in [5.74, 6) is 0. The zero-order chi connectivity index (χ0) is 10.8. The van der Waals surface area contributed by atoms with E-state index < -0.39 is 0 Å². The average Bonchev–Trinajstić information content (AvgIpc) is 2.23. The lowest BCUT2D eigenvalue weighted by molar-refractivity contribution is 1.12. The number of rotatable bonds is 1. The Kier molecular flexibility index (Phi) is 2.56. The van der Waals surface area contributed by atoms with Crippen LogP contribution < -0.4 is 5.56 Å². The zero-order valence-corrected chi connectivity index (χ0v) is 8.88. The largest absolute Gasteiger partial charge is 0.313 e. The third-order valence-corrected chi connectivity index (χ3v) is 2.61. The Morgan fingerprint density at radius 3 is 2.87 bits per heavy atom. The van der Waals surface area contributed by atoms with Crippen molar-refractivity contribution in [2.75, 3.05) is 0 Å². The van der Waals surface area contributed by atoms with Gasteiger partial charge in [-0.15, -0.1) is 0 Å². The number of benzene rings is 1. The van der Waals surface area contributed by atoms with Gasteiger partial charge in [0.05, 0.1) is 11.9 Å². The summed E-state index contributed by atoms with van der Waals surface area (Å²) in [6.45, 7) is 1.92. The Balaban J connectivity index is 2.60. The molecule has 0 fully saturated rings. The van der Waals surface area contributed by atoms with Crippen LogP contribution in [0.2, 0.25) is 5.02 Å². The molecule has 0 bridgehead atoms. The first-order valence-corrected chi connectivity index (χ1v) is 4.85. The van der Waals surface area contributed by atoms with Crippen molar-refractivity contribution in [3.8, 4) is 11.1 Å². The van der Waals surface area contributed by atoms with Crippen LogP contribution in [-0.4, -0.2) is 9.97 Å². The van der Waals surface area contributed by atoms with Crippen molar-refractivity contribution >= 4 is 11.6 Å². The molecular formula is C11H9ClN2O. The summed E-state index contributed by atoms with van der Waals surface area (Å²) in [6.07, 6.45) is 2.89. The van der Waals surface area contributed by atoms with Gasteiger partial charge >= 0.3 is 0 Å². The van der Waals surface area contributed by atoms with Gasteiger partial charge in [0.1, 0.15) is 0 Å². The Hall–Kier alpha value is -1.61. The van der Waals surface area contributed by atoms with Crippen LogP contribution in [0.25, 0.3) is 11.1 Å². The molecule has 76 valence electrons. The Morgan fingerprint density at radius 1 is 1.40 bits per heavy atom. The van der Waals surface area contributed by atoms with Crippen molar-refractivity contribution in [2.45, 2.75) is 6.92 Å². The van der Waals surface area contributed by atoms with E-state index in [2.05, 4.69) is 9.97 Å². The minimum absolute atomic E-state index is 0.162. The lowest BCUT2D eigenvalue weighted by Gasteiger charge is -2.02. The summed E-state index contributed by atoms with van der Waals surface area (Å²) in [4.78, 5) is 17.9. The predicted octanol–water partition coefficient (Wildman–Crippen LogP) is 2.40. The summed E-state index contributed by atoms with van der Waals surface area (Å²) in [5, 5.41) is 0.649. The van der Waals surface area contributed by atoms with Crippen LogP contribution in [-0.2, 0) is 0 Å². The molecule has 0 aliphatic heterocycles. The maximum atomic E-state index is 11.5. The van der Waals surface area contributed by atoms with E-state index in [1.165, 1.54) is 12.5 Å². The van der Waals surface area contributed by atoms with E-state index >= 15 is 0 Å². The SMILES string of the molecule is Cc1ccc(-c2cnc[nH]c2=O)cc1Cl. The molecule has 0 saturated carbocycles. The number of H-pyrrole nitrogens is 1. The monoisotopic (exact) mass is 220 g/mol. The fourth-order valence-electron chi connectivity index (χ4n) is 1.31. The molecule has 3 nitrogen and oxygen atoms in total. The number of hydrogen-bond acceptors (Lipinski definition) is 2. The van der Waals surface area contributed by atoms with Crippen molar-refractivity contribution in [3.05, 3.63) is 51.7 Å². The van der Waals surface area contributed by atoms with Crippen LogP contribution in [0.3, 0.4) is 0 Å². The third kappa shape index (κ3) is 1.92. The molecule has 0 amide bonds. The molecule has 0 radical (unpaired) electrons. The lowest BCUT2D eigenvalue weighted by Crippen LogP contribution is -2.08. The minimum atomic E-state index is -0.162. The maximum Gasteiger partial charge on any atom is 0.258 e. The fraction of sp³-hybridized carbons (Fsp3) is 0.0909. The van der Waals surface area contributed by atoms with Gasteiger partial charge in [0.15, 0.2) is 0 Å². The molecule has 0 spiro atoms. The van der Waals surface area contributed by atoms with Gasteiger partial charge in [-0.1, -0.05) is 23.7 Å². The first kappa shape index (κ1) is 9.93. The molecule has 0 unspecified atom stereocenters. The molecule has 2 rings (SSSR count). The molecule has 1 heterocycles. The second-order valence-electron chi connectivity index (χ2n) is 3.26. The van der Waals surface area contributed by atoms with E-state index in [0.29, 0.717) is 10.6 Å². The standard InChI is InChI=1S/C11H9ClN2O/c1-7-2-3-8(4-10(7)12)9-5-13-6-14-11(9)15/h2-6H,1H3,(H,13,14,15). The molecule has 1 aromatic heterocycles. The minimum Gasteiger partial charge on any atom is -0.313 e. The summed E-state index contributed by atoms with van der Waals surface area (Å²) in [7, 11) is 0. The van der Waals surface area contributed by atoms with Gasteiger partial charge in [0.2, 0.25) is 0 Å². The highest BCUT2D eigenvalue weighted by molar-refractivity contribution is 6.31. The molecule has 1 N–H and O–H groups in total. The molecule has 2 aromatic rings. The Labute approximate surface area is 91.8 Å². The fourth-order valence-corrected chi connectivity index (χ4v) is 1.49. The maximum absolute atomic E-state index is 11.5. The average molecular weight is 221 g/mol. The van der Waals surface area contributed by atoms with E-state index in [1.54, 1.807) is 6.07 Å². The van der Waals surface area contributed by atoms with Crippen LogP contribution in [0.5, 0.6) is 0 Å². The molecule has 15 heavy (non-hydrogen) atoms. The molecule has 1 aromatic carbocycles. The van der Waals surface area contributed by atoms with Gasteiger partial charge in [0.25, 0.3) is 5.56 Å². The summed E-state index contributed by atoms with van der Waals surface area (Å²) < 4.78 is 0. The second kappa shape index (κ2) is 3.87. The Bertz CT molecular complexity index is 548. The van der Waals surface area contributed by atoms with Gasteiger partial charge in [-0.2, -0.15) is 0 Å². The first-order valence-electron chi connectivity index (χ1n) is 4.47. The molecule has 4 heteroatoms. The highest BCUT2D eigenvalue weighted by Crippen LogP contribution is 2.22. The second-order valence-corrected chi connectivity index (χ2v) is 3.67. The number of aromatic amines is 1. The van der Waals surface area contributed by atoms with Crippen molar-refractivity contribution in [1.82, 2.24) is 9.97 Å². The summed E-state index contributed by atoms with van der Waals surface area (Å²) in [6, 6.07) is 5.50. The molecule has 0 aliphatic rings.